The van der Waals surface area contributed by atoms with Crippen LogP contribution in [0.1, 0.15) is 34.6 Å². The van der Waals surface area contributed by atoms with Gasteiger partial charge in [-0.25, -0.2) is 0 Å². The van der Waals surface area contributed by atoms with Crippen LogP contribution in [0.5, 0.6) is 0 Å². The Kier molecular flexibility index (Phi) is 2.30. The molecule has 2 heteroatoms. The molecular formula is C10H18O2. The average molecular weight is 170 g/mol. The molecule has 2 atom stereocenters. The predicted molar refractivity (Wildman–Crippen MR) is 48.0 cm³/mol. The average Bonchev–Trinajstić information content (AvgIpc) is 2.61. The topological polar surface area (TPSA) is 29.6 Å². The molecule has 1 rings (SSSR count). The van der Waals surface area contributed by atoms with E-state index >= 15 is 0 Å². The molecule has 0 aromatic rings. The number of hydrogen-bond acceptors (Lipinski definition) is 2. The normalized spacial score (nSPS) is 29.2. The Hall–Kier alpha value is -0.370. The third kappa shape index (κ3) is 1.86. The molecule has 70 valence electrons. The molecule has 0 bridgehead atoms. The lowest BCUT2D eigenvalue weighted by atomic mass is 9.87. The fourth-order valence-electron chi connectivity index (χ4n) is 1.27. The molecule has 0 N–H and O–H groups in total. The van der Waals surface area contributed by atoms with Crippen LogP contribution in [0.15, 0.2) is 0 Å². The van der Waals surface area contributed by atoms with E-state index in [1.165, 1.54) is 0 Å². The molecule has 0 spiro atoms. The highest BCUT2D eigenvalue weighted by Crippen LogP contribution is 2.34. The summed E-state index contributed by atoms with van der Waals surface area (Å²) in [6, 6.07) is 0. The van der Waals surface area contributed by atoms with Crippen molar-refractivity contribution < 1.29 is 9.53 Å². The highest BCUT2D eigenvalue weighted by atomic mass is 16.6. The van der Waals surface area contributed by atoms with Crippen LogP contribution in [0.2, 0.25) is 0 Å². The van der Waals surface area contributed by atoms with Crippen molar-refractivity contribution in [1.82, 2.24) is 0 Å². The molecule has 1 aliphatic heterocycles. The van der Waals surface area contributed by atoms with Crippen molar-refractivity contribution in [3.8, 4) is 0 Å². The van der Waals surface area contributed by atoms with E-state index < -0.39 is 0 Å². The second kappa shape index (κ2) is 2.84. The van der Waals surface area contributed by atoms with Gasteiger partial charge in [0.25, 0.3) is 0 Å². The largest absolute Gasteiger partial charge is 0.361 e. The van der Waals surface area contributed by atoms with E-state index in [-0.39, 0.29) is 23.4 Å². The highest BCUT2D eigenvalue weighted by Gasteiger charge is 2.49. The summed E-state index contributed by atoms with van der Waals surface area (Å²) in [6.07, 6.45) is 0.0572. The van der Waals surface area contributed by atoms with Crippen molar-refractivity contribution in [1.29, 1.82) is 0 Å². The van der Waals surface area contributed by atoms with Gasteiger partial charge < -0.3 is 4.74 Å². The first-order chi connectivity index (χ1) is 5.34. The number of carbonyl (C=O) groups is 1. The summed E-state index contributed by atoms with van der Waals surface area (Å²) in [4.78, 5) is 11.6. The SMILES string of the molecule is CC(C)C1OC1C(=O)C(C)(C)C. The monoisotopic (exact) mass is 170 g/mol. The van der Waals surface area contributed by atoms with Gasteiger partial charge in [0.05, 0.1) is 6.10 Å². The Labute approximate surface area is 74.3 Å². The molecule has 1 aliphatic rings. The molecule has 2 nitrogen and oxygen atoms in total. The molecule has 0 saturated carbocycles. The van der Waals surface area contributed by atoms with Crippen LogP contribution in [-0.2, 0) is 9.53 Å². The van der Waals surface area contributed by atoms with E-state index in [4.69, 9.17) is 4.74 Å². The Balaban J connectivity index is 2.49. The molecule has 12 heavy (non-hydrogen) atoms. The van der Waals surface area contributed by atoms with E-state index in [9.17, 15) is 4.79 Å². The molecular weight excluding hydrogens is 152 g/mol. The van der Waals surface area contributed by atoms with Crippen molar-refractivity contribution in [2.24, 2.45) is 11.3 Å². The lowest BCUT2D eigenvalue weighted by Crippen LogP contribution is -2.27. The van der Waals surface area contributed by atoms with Crippen LogP contribution < -0.4 is 0 Å². The van der Waals surface area contributed by atoms with Gasteiger partial charge >= 0.3 is 0 Å². The number of epoxide rings is 1. The van der Waals surface area contributed by atoms with Crippen LogP contribution in [0, 0.1) is 11.3 Å². The van der Waals surface area contributed by atoms with Gasteiger partial charge in [0.2, 0.25) is 0 Å². The third-order valence-electron chi connectivity index (χ3n) is 2.18. The van der Waals surface area contributed by atoms with E-state index in [0.29, 0.717) is 5.92 Å². The molecule has 1 saturated heterocycles. The lowest BCUT2D eigenvalue weighted by Gasteiger charge is -2.14. The zero-order valence-electron chi connectivity index (χ0n) is 8.55. The number of rotatable bonds is 2. The summed E-state index contributed by atoms with van der Waals surface area (Å²) in [5, 5.41) is 0. The molecule has 0 aromatic carbocycles. The summed E-state index contributed by atoms with van der Waals surface area (Å²) in [6.45, 7) is 9.98. The second-order valence-corrected chi connectivity index (χ2v) is 4.88. The van der Waals surface area contributed by atoms with Gasteiger partial charge in [-0.1, -0.05) is 34.6 Å². The van der Waals surface area contributed by atoms with Gasteiger partial charge in [-0.05, 0) is 5.92 Å². The minimum Gasteiger partial charge on any atom is -0.361 e. The number of ether oxygens (including phenoxy) is 1. The maximum absolute atomic E-state index is 11.6. The van der Waals surface area contributed by atoms with Crippen molar-refractivity contribution >= 4 is 5.78 Å². The van der Waals surface area contributed by atoms with Crippen LogP contribution in [0.3, 0.4) is 0 Å². The van der Waals surface area contributed by atoms with Crippen LogP contribution in [0.4, 0.5) is 0 Å². The second-order valence-electron chi connectivity index (χ2n) is 4.88. The smallest absolute Gasteiger partial charge is 0.169 e. The summed E-state index contributed by atoms with van der Waals surface area (Å²) < 4.78 is 5.32. The molecule has 2 unspecified atom stereocenters. The quantitative estimate of drug-likeness (QED) is 0.593. The van der Waals surface area contributed by atoms with Crippen LogP contribution in [-0.4, -0.2) is 18.0 Å². The van der Waals surface area contributed by atoms with E-state index in [2.05, 4.69) is 13.8 Å². The van der Waals surface area contributed by atoms with Gasteiger partial charge in [-0.2, -0.15) is 0 Å². The van der Waals surface area contributed by atoms with Gasteiger partial charge in [0, 0.05) is 5.41 Å². The van der Waals surface area contributed by atoms with Crippen LogP contribution in [0.25, 0.3) is 0 Å². The zero-order valence-corrected chi connectivity index (χ0v) is 8.55. The van der Waals surface area contributed by atoms with Crippen molar-refractivity contribution in [3.05, 3.63) is 0 Å². The number of Topliss-reactive ketones (excluding diaryl/α,β-unsaturated/α-hetero) is 1. The van der Waals surface area contributed by atoms with Crippen molar-refractivity contribution in [3.63, 3.8) is 0 Å². The first-order valence-corrected chi connectivity index (χ1v) is 4.54. The summed E-state index contributed by atoms with van der Waals surface area (Å²) >= 11 is 0. The number of carbonyl (C=O) groups excluding carboxylic acids is 1. The molecule has 1 heterocycles. The molecule has 0 aromatic heterocycles. The standard InChI is InChI=1S/C10H18O2/c1-6(2)7-8(12-7)9(11)10(3,4)5/h6-8H,1-5H3. The molecule has 0 aliphatic carbocycles. The zero-order chi connectivity index (χ0) is 9.52. The predicted octanol–water partition coefficient (Wildman–Crippen LogP) is 2.02. The van der Waals surface area contributed by atoms with E-state index in [1.54, 1.807) is 0 Å². The molecule has 1 fully saturated rings. The fraction of sp³-hybridized carbons (Fsp3) is 0.900. The maximum atomic E-state index is 11.6. The summed E-state index contributed by atoms with van der Waals surface area (Å²) in [5.41, 5.74) is -0.256. The minimum atomic E-state index is -0.256. The Bertz CT molecular complexity index is 189. The summed E-state index contributed by atoms with van der Waals surface area (Å²) in [7, 11) is 0. The van der Waals surface area contributed by atoms with Gasteiger partial charge in [0.1, 0.15) is 6.10 Å². The third-order valence-corrected chi connectivity index (χ3v) is 2.18. The molecule has 0 radical (unpaired) electrons. The maximum Gasteiger partial charge on any atom is 0.169 e. The van der Waals surface area contributed by atoms with E-state index in [1.807, 2.05) is 20.8 Å². The summed E-state index contributed by atoms with van der Waals surface area (Å²) in [5.74, 6) is 0.697. The first-order valence-electron chi connectivity index (χ1n) is 4.54. The highest BCUT2D eigenvalue weighted by molar-refractivity contribution is 5.90. The van der Waals surface area contributed by atoms with Gasteiger partial charge in [-0.15, -0.1) is 0 Å². The first kappa shape index (κ1) is 9.72. The Morgan fingerprint density at radius 1 is 1.33 bits per heavy atom. The van der Waals surface area contributed by atoms with E-state index in [0.717, 1.165) is 0 Å². The fourth-order valence-corrected chi connectivity index (χ4v) is 1.27. The minimum absolute atomic E-state index is 0.120. The molecule has 0 amide bonds. The van der Waals surface area contributed by atoms with Gasteiger partial charge in [-0.3, -0.25) is 4.79 Å². The Morgan fingerprint density at radius 2 is 1.83 bits per heavy atom. The van der Waals surface area contributed by atoms with Crippen molar-refractivity contribution in [2.45, 2.75) is 46.8 Å². The number of ketones is 1. The van der Waals surface area contributed by atoms with Crippen LogP contribution >= 0.6 is 0 Å². The Morgan fingerprint density at radius 3 is 2.08 bits per heavy atom. The van der Waals surface area contributed by atoms with Crippen molar-refractivity contribution in [2.75, 3.05) is 0 Å². The van der Waals surface area contributed by atoms with Gasteiger partial charge in [0.15, 0.2) is 5.78 Å². The lowest BCUT2D eigenvalue weighted by molar-refractivity contribution is -0.127. The number of hydrogen-bond donors (Lipinski definition) is 0.